The number of nitrogens with one attached hydrogen (secondary N) is 1. The zero-order valence-corrected chi connectivity index (χ0v) is 13.7. The van der Waals surface area contributed by atoms with Gasteiger partial charge < -0.3 is 20.1 Å². The monoisotopic (exact) mass is 338 g/mol. The van der Waals surface area contributed by atoms with Gasteiger partial charge in [-0.3, -0.25) is 9.59 Å². The predicted octanol–water partition coefficient (Wildman–Crippen LogP) is 0.931. The van der Waals surface area contributed by atoms with Crippen LogP contribution in [0.4, 0.5) is 0 Å². The smallest absolute Gasteiger partial charge is 0.339 e. The van der Waals surface area contributed by atoms with Crippen LogP contribution in [0.2, 0.25) is 0 Å². The van der Waals surface area contributed by atoms with Crippen molar-refractivity contribution < 1.29 is 24.2 Å². The highest BCUT2D eigenvalue weighted by Crippen LogP contribution is 2.22. The molecule has 2 N–H and O–H groups in total. The molecule has 0 saturated carbocycles. The average Bonchev–Trinajstić information content (AvgIpc) is 3.02. The SMILES string of the molecule is COc1ccc(CNC(=O)[C@H]2CSCN2C(C)=O)cc1C(=O)O. The van der Waals surface area contributed by atoms with Gasteiger partial charge in [-0.2, -0.15) is 0 Å². The van der Waals surface area contributed by atoms with E-state index in [2.05, 4.69) is 5.32 Å². The summed E-state index contributed by atoms with van der Waals surface area (Å²) >= 11 is 1.53. The molecule has 1 saturated heterocycles. The Kier molecular flexibility index (Phi) is 5.49. The third kappa shape index (κ3) is 3.95. The number of thioether (sulfide) groups is 1. The van der Waals surface area contributed by atoms with Crippen LogP contribution >= 0.6 is 11.8 Å². The van der Waals surface area contributed by atoms with Crippen molar-refractivity contribution >= 4 is 29.5 Å². The van der Waals surface area contributed by atoms with Crippen molar-refractivity contribution in [2.75, 3.05) is 18.7 Å². The average molecular weight is 338 g/mol. The van der Waals surface area contributed by atoms with Crippen LogP contribution in [0.3, 0.4) is 0 Å². The van der Waals surface area contributed by atoms with Crippen LogP contribution in [0, 0.1) is 0 Å². The Bertz CT molecular complexity index is 634. The first-order valence-corrected chi connectivity index (χ1v) is 8.12. The number of aromatic carboxylic acids is 1. The fraction of sp³-hybridized carbons (Fsp3) is 0.400. The lowest BCUT2D eigenvalue weighted by Gasteiger charge is -2.21. The van der Waals surface area contributed by atoms with E-state index in [-0.39, 0.29) is 29.7 Å². The summed E-state index contributed by atoms with van der Waals surface area (Å²) in [5.74, 6) is -0.119. The summed E-state index contributed by atoms with van der Waals surface area (Å²) in [4.78, 5) is 36.4. The molecular weight excluding hydrogens is 320 g/mol. The summed E-state index contributed by atoms with van der Waals surface area (Å²) in [5.41, 5.74) is 0.692. The second kappa shape index (κ2) is 7.36. The number of carbonyl (C=O) groups is 3. The first-order chi connectivity index (χ1) is 10.9. The predicted molar refractivity (Wildman–Crippen MR) is 85.4 cm³/mol. The Labute approximate surface area is 138 Å². The maximum absolute atomic E-state index is 12.2. The standard InChI is InChI=1S/C15H18N2O5S/c1-9(18)17-8-23-7-12(17)14(19)16-6-10-3-4-13(22-2)11(5-10)15(20)21/h3-5,12H,6-8H2,1-2H3,(H,16,19)(H,20,21)/t12-/m1/s1. The zero-order valence-electron chi connectivity index (χ0n) is 12.9. The van der Waals surface area contributed by atoms with Gasteiger partial charge in [0.15, 0.2) is 0 Å². The molecule has 2 amide bonds. The van der Waals surface area contributed by atoms with E-state index < -0.39 is 12.0 Å². The Hall–Kier alpha value is -2.22. The van der Waals surface area contributed by atoms with E-state index in [0.717, 1.165) is 0 Å². The number of amides is 2. The van der Waals surface area contributed by atoms with Gasteiger partial charge in [-0.1, -0.05) is 6.07 Å². The van der Waals surface area contributed by atoms with Gasteiger partial charge in [0, 0.05) is 19.2 Å². The molecule has 0 aliphatic carbocycles. The fourth-order valence-corrected chi connectivity index (χ4v) is 3.53. The number of ether oxygens (including phenoxy) is 1. The maximum atomic E-state index is 12.2. The van der Waals surface area contributed by atoms with Crippen molar-refractivity contribution in [2.24, 2.45) is 0 Å². The third-order valence-corrected chi connectivity index (χ3v) is 4.56. The molecule has 1 heterocycles. The quantitative estimate of drug-likeness (QED) is 0.829. The molecule has 1 aliphatic rings. The number of carboxylic acid groups (broad SMARTS) is 1. The van der Waals surface area contributed by atoms with Gasteiger partial charge in [0.1, 0.15) is 17.4 Å². The number of hydrogen-bond donors (Lipinski definition) is 2. The van der Waals surface area contributed by atoms with Gasteiger partial charge in [-0.25, -0.2) is 4.79 Å². The minimum absolute atomic E-state index is 0.0426. The number of carbonyl (C=O) groups excluding carboxylic acids is 2. The van der Waals surface area contributed by atoms with E-state index >= 15 is 0 Å². The van der Waals surface area contributed by atoms with Crippen LogP contribution in [0.25, 0.3) is 0 Å². The number of rotatable bonds is 5. The van der Waals surface area contributed by atoms with Crippen molar-refractivity contribution in [3.63, 3.8) is 0 Å². The van der Waals surface area contributed by atoms with Crippen LogP contribution < -0.4 is 10.1 Å². The summed E-state index contributed by atoms with van der Waals surface area (Å²) in [7, 11) is 1.40. The van der Waals surface area contributed by atoms with E-state index in [1.165, 1.54) is 36.8 Å². The molecule has 2 rings (SSSR count). The molecule has 0 spiro atoms. The first-order valence-electron chi connectivity index (χ1n) is 6.97. The van der Waals surface area contributed by atoms with Crippen LogP contribution in [0.5, 0.6) is 5.75 Å². The van der Waals surface area contributed by atoms with Crippen LogP contribution in [0.1, 0.15) is 22.8 Å². The van der Waals surface area contributed by atoms with Gasteiger partial charge >= 0.3 is 5.97 Å². The number of hydrogen-bond acceptors (Lipinski definition) is 5. The Morgan fingerprint density at radius 3 is 2.78 bits per heavy atom. The zero-order chi connectivity index (χ0) is 17.0. The van der Waals surface area contributed by atoms with E-state index in [1.807, 2.05) is 0 Å². The molecule has 23 heavy (non-hydrogen) atoms. The number of nitrogens with zero attached hydrogens (tertiary/aromatic N) is 1. The van der Waals surface area contributed by atoms with Crippen molar-refractivity contribution in [1.29, 1.82) is 0 Å². The second-order valence-corrected chi connectivity index (χ2v) is 6.06. The normalized spacial score (nSPS) is 17.0. The van der Waals surface area contributed by atoms with E-state index in [9.17, 15) is 14.4 Å². The van der Waals surface area contributed by atoms with E-state index in [4.69, 9.17) is 9.84 Å². The van der Waals surface area contributed by atoms with Crippen LogP contribution in [-0.2, 0) is 16.1 Å². The molecule has 1 aliphatic heterocycles. The highest BCUT2D eigenvalue weighted by molar-refractivity contribution is 7.99. The number of carboxylic acids is 1. The second-order valence-electron chi connectivity index (χ2n) is 5.06. The molecule has 0 radical (unpaired) electrons. The highest BCUT2D eigenvalue weighted by Gasteiger charge is 2.32. The summed E-state index contributed by atoms with van der Waals surface area (Å²) in [5, 5.41) is 11.9. The molecule has 0 unspecified atom stereocenters. The molecule has 1 aromatic rings. The lowest BCUT2D eigenvalue weighted by Crippen LogP contribution is -2.46. The topological polar surface area (TPSA) is 95.9 Å². The molecule has 0 bridgehead atoms. The van der Waals surface area contributed by atoms with Gasteiger partial charge in [0.05, 0.1) is 13.0 Å². The molecule has 1 aromatic carbocycles. The van der Waals surface area contributed by atoms with Crippen molar-refractivity contribution in [3.8, 4) is 5.75 Å². The first kappa shape index (κ1) is 17.1. The fourth-order valence-electron chi connectivity index (χ4n) is 2.31. The Balaban J connectivity index is 2.03. The van der Waals surface area contributed by atoms with Crippen LogP contribution in [0.15, 0.2) is 18.2 Å². The van der Waals surface area contributed by atoms with Crippen LogP contribution in [-0.4, -0.2) is 52.6 Å². The number of methoxy groups -OCH3 is 1. The minimum atomic E-state index is -1.09. The molecule has 8 heteroatoms. The van der Waals surface area contributed by atoms with Gasteiger partial charge in [0.2, 0.25) is 11.8 Å². The summed E-state index contributed by atoms with van der Waals surface area (Å²) in [6.07, 6.45) is 0. The molecule has 1 fully saturated rings. The molecule has 7 nitrogen and oxygen atoms in total. The Morgan fingerprint density at radius 2 is 2.17 bits per heavy atom. The molecular formula is C15H18N2O5S. The molecule has 0 aromatic heterocycles. The van der Waals surface area contributed by atoms with Gasteiger partial charge in [-0.05, 0) is 17.7 Å². The maximum Gasteiger partial charge on any atom is 0.339 e. The third-order valence-electron chi connectivity index (χ3n) is 3.55. The Morgan fingerprint density at radius 1 is 1.43 bits per heavy atom. The van der Waals surface area contributed by atoms with Gasteiger partial charge in [0.25, 0.3) is 0 Å². The van der Waals surface area contributed by atoms with E-state index in [1.54, 1.807) is 12.1 Å². The van der Waals surface area contributed by atoms with Crippen molar-refractivity contribution in [1.82, 2.24) is 10.2 Å². The molecule has 1 atom stereocenters. The lowest BCUT2D eigenvalue weighted by atomic mass is 10.1. The summed E-state index contributed by atoms with van der Waals surface area (Å²) in [6.45, 7) is 1.63. The molecule has 124 valence electrons. The lowest BCUT2D eigenvalue weighted by molar-refractivity contribution is -0.136. The van der Waals surface area contributed by atoms with Gasteiger partial charge in [-0.15, -0.1) is 11.8 Å². The van der Waals surface area contributed by atoms with E-state index in [0.29, 0.717) is 17.2 Å². The number of benzene rings is 1. The summed E-state index contributed by atoms with van der Waals surface area (Å²) in [6, 6.07) is 4.23. The summed E-state index contributed by atoms with van der Waals surface area (Å²) < 4.78 is 4.99. The largest absolute Gasteiger partial charge is 0.496 e. The van der Waals surface area contributed by atoms with Crippen molar-refractivity contribution in [2.45, 2.75) is 19.5 Å². The minimum Gasteiger partial charge on any atom is -0.496 e. The van der Waals surface area contributed by atoms with Crippen molar-refractivity contribution in [3.05, 3.63) is 29.3 Å². The highest BCUT2D eigenvalue weighted by atomic mass is 32.2.